The van der Waals surface area contributed by atoms with Crippen LogP contribution in [0.3, 0.4) is 0 Å². The summed E-state index contributed by atoms with van der Waals surface area (Å²) in [5.41, 5.74) is 1.38. The van der Waals surface area contributed by atoms with Gasteiger partial charge in [-0.1, -0.05) is 33.2 Å². The standard InChI is InChI=1S/C17H10BrFN2O3/c18-10-3-7-12(8-4-10)21-16(22)13-14(20-24-15(13)17(21)23)9-1-5-11(19)6-2-9/h1-8,13,15H/t13-,15-/m1/s1. The molecule has 0 aliphatic carbocycles. The van der Waals surface area contributed by atoms with Crippen molar-refractivity contribution in [2.75, 3.05) is 4.90 Å². The molecule has 120 valence electrons. The molecule has 0 N–H and O–H groups in total. The monoisotopic (exact) mass is 388 g/mol. The van der Waals surface area contributed by atoms with Gasteiger partial charge in [-0.15, -0.1) is 0 Å². The van der Waals surface area contributed by atoms with Crippen LogP contribution in [-0.2, 0) is 14.4 Å². The van der Waals surface area contributed by atoms with Crippen molar-refractivity contribution >= 4 is 39.1 Å². The molecule has 0 saturated carbocycles. The second kappa shape index (κ2) is 5.52. The first kappa shape index (κ1) is 15.0. The number of imide groups is 1. The van der Waals surface area contributed by atoms with Gasteiger partial charge in [-0.25, -0.2) is 9.29 Å². The third-order valence-corrected chi connectivity index (χ3v) is 4.57. The van der Waals surface area contributed by atoms with E-state index in [1.807, 2.05) is 0 Å². The number of carbonyl (C=O) groups is 2. The van der Waals surface area contributed by atoms with E-state index in [9.17, 15) is 14.0 Å². The van der Waals surface area contributed by atoms with E-state index in [4.69, 9.17) is 4.84 Å². The lowest BCUT2D eigenvalue weighted by Crippen LogP contribution is -2.33. The summed E-state index contributed by atoms with van der Waals surface area (Å²) < 4.78 is 13.9. The number of nitrogens with zero attached hydrogens (tertiary/aromatic N) is 2. The summed E-state index contributed by atoms with van der Waals surface area (Å²) in [5, 5.41) is 3.88. The fourth-order valence-electron chi connectivity index (χ4n) is 2.88. The highest BCUT2D eigenvalue weighted by Gasteiger charge is 2.56. The summed E-state index contributed by atoms with van der Waals surface area (Å²) in [5.74, 6) is -2.05. The molecule has 0 radical (unpaired) electrons. The third kappa shape index (κ3) is 2.24. The van der Waals surface area contributed by atoms with Crippen molar-refractivity contribution in [2.24, 2.45) is 11.1 Å². The minimum absolute atomic E-state index is 0.345. The van der Waals surface area contributed by atoms with Crippen molar-refractivity contribution < 1.29 is 18.8 Å². The quantitative estimate of drug-likeness (QED) is 0.743. The predicted molar refractivity (Wildman–Crippen MR) is 87.9 cm³/mol. The maximum absolute atomic E-state index is 13.1. The number of rotatable bonds is 2. The molecule has 0 bridgehead atoms. The van der Waals surface area contributed by atoms with Crippen LogP contribution in [0.2, 0.25) is 0 Å². The average molecular weight is 389 g/mol. The Morgan fingerprint density at radius 2 is 1.67 bits per heavy atom. The molecule has 1 fully saturated rings. The number of carbonyl (C=O) groups excluding carboxylic acids is 2. The van der Waals surface area contributed by atoms with Crippen LogP contribution >= 0.6 is 15.9 Å². The Balaban J connectivity index is 1.69. The molecule has 1 saturated heterocycles. The van der Waals surface area contributed by atoms with Gasteiger partial charge in [-0.2, -0.15) is 0 Å². The first-order chi connectivity index (χ1) is 11.6. The Morgan fingerprint density at radius 1 is 1.00 bits per heavy atom. The smallest absolute Gasteiger partial charge is 0.278 e. The van der Waals surface area contributed by atoms with Crippen LogP contribution in [0.15, 0.2) is 58.2 Å². The van der Waals surface area contributed by atoms with Gasteiger partial charge in [0, 0.05) is 10.0 Å². The van der Waals surface area contributed by atoms with Crippen LogP contribution in [0, 0.1) is 11.7 Å². The zero-order valence-electron chi connectivity index (χ0n) is 12.1. The highest BCUT2D eigenvalue weighted by molar-refractivity contribution is 9.10. The first-order valence-corrected chi connectivity index (χ1v) is 7.98. The van der Waals surface area contributed by atoms with Gasteiger partial charge >= 0.3 is 0 Å². The number of hydrogen-bond acceptors (Lipinski definition) is 4. The third-order valence-electron chi connectivity index (χ3n) is 4.04. The van der Waals surface area contributed by atoms with E-state index in [0.717, 1.165) is 9.37 Å². The van der Waals surface area contributed by atoms with E-state index in [0.29, 0.717) is 17.0 Å². The molecule has 2 aromatic carbocycles. The lowest BCUT2D eigenvalue weighted by atomic mass is 9.94. The number of amides is 2. The number of anilines is 1. The van der Waals surface area contributed by atoms with Crippen LogP contribution in [0.1, 0.15) is 5.56 Å². The van der Waals surface area contributed by atoms with Crippen molar-refractivity contribution in [3.8, 4) is 0 Å². The molecular formula is C17H10BrFN2O3. The molecule has 4 rings (SSSR count). The topological polar surface area (TPSA) is 59.0 Å². The first-order valence-electron chi connectivity index (χ1n) is 7.19. The Kier molecular flexibility index (Phi) is 3.45. The van der Waals surface area contributed by atoms with Gasteiger partial charge in [0.25, 0.3) is 5.91 Å². The molecule has 0 spiro atoms. The van der Waals surface area contributed by atoms with E-state index in [1.54, 1.807) is 24.3 Å². The van der Waals surface area contributed by atoms with E-state index in [1.165, 1.54) is 24.3 Å². The van der Waals surface area contributed by atoms with E-state index < -0.39 is 23.8 Å². The van der Waals surface area contributed by atoms with E-state index >= 15 is 0 Å². The molecule has 2 heterocycles. The summed E-state index contributed by atoms with van der Waals surface area (Å²) in [7, 11) is 0. The summed E-state index contributed by atoms with van der Waals surface area (Å²) in [6.45, 7) is 0. The summed E-state index contributed by atoms with van der Waals surface area (Å²) >= 11 is 3.32. The second-order valence-electron chi connectivity index (χ2n) is 5.48. The predicted octanol–water partition coefficient (Wildman–Crippen LogP) is 2.88. The number of fused-ring (bicyclic) bond motifs is 1. The minimum atomic E-state index is -0.971. The highest BCUT2D eigenvalue weighted by Crippen LogP contribution is 2.35. The number of halogens is 2. The molecule has 2 aromatic rings. The molecule has 2 aliphatic rings. The van der Waals surface area contributed by atoms with Crippen LogP contribution in [-0.4, -0.2) is 23.6 Å². The van der Waals surface area contributed by atoms with Gasteiger partial charge < -0.3 is 4.84 Å². The molecule has 2 aliphatic heterocycles. The number of hydrogen-bond donors (Lipinski definition) is 0. The Bertz CT molecular complexity index is 864. The van der Waals surface area contributed by atoms with Crippen molar-refractivity contribution in [3.05, 3.63) is 64.4 Å². The Labute approximate surface area is 144 Å². The molecule has 2 atom stereocenters. The van der Waals surface area contributed by atoms with Crippen LogP contribution < -0.4 is 4.90 Å². The van der Waals surface area contributed by atoms with Gasteiger partial charge in [-0.05, 0) is 36.4 Å². The fraction of sp³-hybridized carbons (Fsp3) is 0.118. The van der Waals surface area contributed by atoms with Crippen molar-refractivity contribution in [1.82, 2.24) is 0 Å². The molecular weight excluding hydrogens is 379 g/mol. The van der Waals surface area contributed by atoms with Crippen LogP contribution in [0.5, 0.6) is 0 Å². The lowest BCUT2D eigenvalue weighted by Gasteiger charge is -2.15. The molecule has 5 nitrogen and oxygen atoms in total. The van der Waals surface area contributed by atoms with Gasteiger partial charge in [-0.3, -0.25) is 9.59 Å². The molecule has 0 unspecified atom stereocenters. The average Bonchev–Trinajstić information content (AvgIpc) is 3.11. The summed E-state index contributed by atoms with van der Waals surface area (Å²) in [6, 6.07) is 12.4. The zero-order valence-corrected chi connectivity index (χ0v) is 13.7. The second-order valence-corrected chi connectivity index (χ2v) is 6.39. The van der Waals surface area contributed by atoms with Gasteiger partial charge in [0.1, 0.15) is 17.4 Å². The maximum atomic E-state index is 13.1. The summed E-state index contributed by atoms with van der Waals surface area (Å²) in [4.78, 5) is 31.7. The maximum Gasteiger partial charge on any atom is 0.278 e. The lowest BCUT2D eigenvalue weighted by molar-refractivity contribution is -0.126. The minimum Gasteiger partial charge on any atom is -0.381 e. The van der Waals surface area contributed by atoms with Crippen molar-refractivity contribution in [2.45, 2.75) is 6.10 Å². The zero-order chi connectivity index (χ0) is 16.8. The Morgan fingerprint density at radius 3 is 2.33 bits per heavy atom. The number of benzene rings is 2. The summed E-state index contributed by atoms with van der Waals surface area (Å²) in [6.07, 6.45) is -0.971. The van der Waals surface area contributed by atoms with Crippen LogP contribution in [0.25, 0.3) is 0 Å². The largest absolute Gasteiger partial charge is 0.381 e. The van der Waals surface area contributed by atoms with Gasteiger partial charge in [0.2, 0.25) is 12.0 Å². The Hall–Kier alpha value is -2.54. The highest BCUT2D eigenvalue weighted by atomic mass is 79.9. The molecule has 7 heteroatoms. The van der Waals surface area contributed by atoms with Crippen molar-refractivity contribution in [1.29, 1.82) is 0 Å². The molecule has 2 amide bonds. The van der Waals surface area contributed by atoms with Gasteiger partial charge in [0.15, 0.2) is 0 Å². The van der Waals surface area contributed by atoms with Gasteiger partial charge in [0.05, 0.1) is 5.69 Å². The van der Waals surface area contributed by atoms with E-state index in [-0.39, 0.29) is 5.82 Å². The van der Waals surface area contributed by atoms with E-state index in [2.05, 4.69) is 21.1 Å². The molecule has 24 heavy (non-hydrogen) atoms. The normalized spacial score (nSPS) is 22.4. The van der Waals surface area contributed by atoms with Crippen LogP contribution in [0.4, 0.5) is 10.1 Å². The molecule has 0 aromatic heterocycles. The van der Waals surface area contributed by atoms with Crippen molar-refractivity contribution in [3.63, 3.8) is 0 Å². The SMILES string of the molecule is O=C1[C@@H]2C(c3ccc(F)cc3)=NO[C@H]2C(=O)N1c1ccc(Br)cc1. The fourth-order valence-corrected chi connectivity index (χ4v) is 3.15. The number of oxime groups is 1.